The summed E-state index contributed by atoms with van der Waals surface area (Å²) in [5, 5.41) is 10.1. The Morgan fingerprint density at radius 1 is 1.05 bits per heavy atom. The predicted octanol–water partition coefficient (Wildman–Crippen LogP) is 3.69. The smallest absolute Gasteiger partial charge is 0.123 e. The van der Waals surface area contributed by atoms with Crippen LogP contribution in [0.2, 0.25) is 0 Å². The molecule has 0 amide bonds. The minimum atomic E-state index is -0.566. The van der Waals surface area contributed by atoms with Gasteiger partial charge in [-0.1, -0.05) is 29.8 Å². The normalized spacial score (nSPS) is 12.2. The Bertz CT molecular complexity index is 484. The van der Waals surface area contributed by atoms with Gasteiger partial charge in [-0.3, -0.25) is 0 Å². The molecule has 0 bridgehead atoms. The lowest BCUT2D eigenvalue weighted by Gasteiger charge is -2.21. The summed E-state index contributed by atoms with van der Waals surface area (Å²) in [6.07, 6.45) is 0.0409. The molecule has 3 heteroatoms. The first-order valence-corrected chi connectivity index (χ1v) is 6.77. The van der Waals surface area contributed by atoms with Gasteiger partial charge in [-0.05, 0) is 43.2 Å². The van der Waals surface area contributed by atoms with Gasteiger partial charge in [0.05, 0.1) is 6.10 Å². The van der Waals surface area contributed by atoms with Gasteiger partial charge in [0, 0.05) is 19.3 Å². The van der Waals surface area contributed by atoms with Crippen molar-refractivity contribution in [2.24, 2.45) is 0 Å². The van der Waals surface area contributed by atoms with Gasteiger partial charge in [0.15, 0.2) is 0 Å². The second-order valence-corrected chi connectivity index (χ2v) is 5.11. The molecule has 0 aliphatic carbocycles. The average molecular weight is 273 g/mol. The van der Waals surface area contributed by atoms with Crippen LogP contribution in [0.3, 0.4) is 0 Å². The van der Waals surface area contributed by atoms with Gasteiger partial charge < -0.3 is 10.0 Å². The standard InChI is InChI=1S/C17H20FNO/c1-13-3-9-16(10-4-13)19(2)12-11-17(20)14-5-7-15(18)8-6-14/h3-10,17,20H,11-12H2,1-2H3. The van der Waals surface area contributed by atoms with E-state index in [4.69, 9.17) is 0 Å². The second kappa shape index (κ2) is 6.53. The Hall–Kier alpha value is -1.87. The maximum absolute atomic E-state index is 12.8. The van der Waals surface area contributed by atoms with Crippen LogP contribution in [0.5, 0.6) is 0 Å². The summed E-state index contributed by atoms with van der Waals surface area (Å²) in [4.78, 5) is 2.10. The van der Waals surface area contributed by atoms with Crippen molar-refractivity contribution in [2.75, 3.05) is 18.5 Å². The minimum absolute atomic E-state index is 0.280. The number of halogens is 1. The quantitative estimate of drug-likeness (QED) is 0.898. The lowest BCUT2D eigenvalue weighted by Crippen LogP contribution is -2.20. The molecule has 1 atom stereocenters. The molecule has 0 aromatic heterocycles. The molecule has 0 aliphatic heterocycles. The van der Waals surface area contributed by atoms with E-state index < -0.39 is 6.10 Å². The number of benzene rings is 2. The van der Waals surface area contributed by atoms with Crippen molar-refractivity contribution in [3.63, 3.8) is 0 Å². The van der Waals surface area contributed by atoms with E-state index in [9.17, 15) is 9.50 Å². The number of aliphatic hydroxyl groups excluding tert-OH is 1. The van der Waals surface area contributed by atoms with Gasteiger partial charge in [-0.15, -0.1) is 0 Å². The Morgan fingerprint density at radius 2 is 1.65 bits per heavy atom. The molecule has 0 fully saturated rings. The Labute approximate surface area is 119 Å². The van der Waals surface area contributed by atoms with E-state index in [0.29, 0.717) is 6.42 Å². The molecule has 2 rings (SSSR count). The van der Waals surface area contributed by atoms with Crippen molar-refractivity contribution in [1.82, 2.24) is 0 Å². The average Bonchev–Trinajstić information content (AvgIpc) is 2.46. The fourth-order valence-electron chi connectivity index (χ4n) is 2.10. The summed E-state index contributed by atoms with van der Waals surface area (Å²) in [5.41, 5.74) is 3.11. The van der Waals surface area contributed by atoms with Crippen LogP contribution in [-0.2, 0) is 0 Å². The molecular weight excluding hydrogens is 253 g/mol. The Kier molecular flexibility index (Phi) is 4.74. The Morgan fingerprint density at radius 3 is 2.25 bits per heavy atom. The van der Waals surface area contributed by atoms with E-state index in [1.54, 1.807) is 12.1 Å². The zero-order chi connectivity index (χ0) is 14.5. The summed E-state index contributed by atoms with van der Waals surface area (Å²) < 4.78 is 12.8. The Balaban J connectivity index is 1.91. The molecule has 0 saturated heterocycles. The zero-order valence-electron chi connectivity index (χ0n) is 11.9. The van der Waals surface area contributed by atoms with Gasteiger partial charge in [0.1, 0.15) is 5.82 Å². The summed E-state index contributed by atoms with van der Waals surface area (Å²) >= 11 is 0. The number of anilines is 1. The molecule has 2 aromatic carbocycles. The fourth-order valence-corrected chi connectivity index (χ4v) is 2.10. The third-order valence-corrected chi connectivity index (χ3v) is 3.47. The molecule has 1 N–H and O–H groups in total. The van der Waals surface area contributed by atoms with Crippen molar-refractivity contribution in [3.05, 3.63) is 65.5 Å². The molecule has 0 radical (unpaired) electrons. The lowest BCUT2D eigenvalue weighted by atomic mass is 10.1. The molecule has 0 spiro atoms. The summed E-state index contributed by atoms with van der Waals surface area (Å²) in [7, 11) is 2.00. The number of hydrogen-bond donors (Lipinski definition) is 1. The number of aliphatic hydroxyl groups is 1. The summed E-state index contributed by atoms with van der Waals surface area (Å²) in [5.74, 6) is -0.280. The van der Waals surface area contributed by atoms with Crippen LogP contribution in [-0.4, -0.2) is 18.7 Å². The van der Waals surface area contributed by atoms with Crippen molar-refractivity contribution in [1.29, 1.82) is 0 Å². The van der Waals surface area contributed by atoms with E-state index in [0.717, 1.165) is 17.8 Å². The molecule has 2 aromatic rings. The van der Waals surface area contributed by atoms with Gasteiger partial charge >= 0.3 is 0 Å². The maximum Gasteiger partial charge on any atom is 0.123 e. The molecule has 106 valence electrons. The van der Waals surface area contributed by atoms with Crippen molar-refractivity contribution in [3.8, 4) is 0 Å². The molecular formula is C17H20FNO. The zero-order valence-corrected chi connectivity index (χ0v) is 11.9. The predicted molar refractivity (Wildman–Crippen MR) is 80.4 cm³/mol. The molecule has 0 heterocycles. The van der Waals surface area contributed by atoms with Crippen molar-refractivity contribution < 1.29 is 9.50 Å². The van der Waals surface area contributed by atoms with Crippen LogP contribution >= 0.6 is 0 Å². The van der Waals surface area contributed by atoms with Gasteiger partial charge in [0.25, 0.3) is 0 Å². The van der Waals surface area contributed by atoms with Gasteiger partial charge in [-0.2, -0.15) is 0 Å². The highest BCUT2D eigenvalue weighted by Gasteiger charge is 2.09. The summed E-state index contributed by atoms with van der Waals surface area (Å²) in [6, 6.07) is 14.3. The monoisotopic (exact) mass is 273 g/mol. The molecule has 2 nitrogen and oxygen atoms in total. The van der Waals surface area contributed by atoms with E-state index in [1.807, 2.05) is 7.05 Å². The molecule has 0 aliphatic rings. The van der Waals surface area contributed by atoms with Crippen LogP contribution in [0.1, 0.15) is 23.7 Å². The number of rotatable bonds is 5. The summed E-state index contributed by atoms with van der Waals surface area (Å²) in [6.45, 7) is 2.80. The first-order chi connectivity index (χ1) is 9.56. The topological polar surface area (TPSA) is 23.5 Å². The van der Waals surface area contributed by atoms with Gasteiger partial charge in [0.2, 0.25) is 0 Å². The minimum Gasteiger partial charge on any atom is -0.388 e. The maximum atomic E-state index is 12.8. The number of hydrogen-bond acceptors (Lipinski definition) is 2. The highest BCUT2D eigenvalue weighted by Crippen LogP contribution is 2.19. The van der Waals surface area contributed by atoms with Crippen LogP contribution in [0.4, 0.5) is 10.1 Å². The lowest BCUT2D eigenvalue weighted by molar-refractivity contribution is 0.169. The number of nitrogens with zero attached hydrogens (tertiary/aromatic N) is 1. The molecule has 20 heavy (non-hydrogen) atoms. The largest absolute Gasteiger partial charge is 0.388 e. The van der Waals surface area contributed by atoms with Gasteiger partial charge in [-0.25, -0.2) is 4.39 Å². The van der Waals surface area contributed by atoms with Crippen LogP contribution < -0.4 is 4.90 Å². The van der Waals surface area contributed by atoms with Crippen LogP contribution in [0, 0.1) is 12.7 Å². The number of aryl methyl sites for hydroxylation is 1. The first kappa shape index (κ1) is 14.5. The van der Waals surface area contributed by atoms with Crippen LogP contribution in [0.25, 0.3) is 0 Å². The third-order valence-electron chi connectivity index (χ3n) is 3.47. The van der Waals surface area contributed by atoms with Crippen molar-refractivity contribution >= 4 is 5.69 Å². The third kappa shape index (κ3) is 3.81. The highest BCUT2D eigenvalue weighted by atomic mass is 19.1. The fraction of sp³-hybridized carbons (Fsp3) is 0.294. The van der Waals surface area contributed by atoms with E-state index in [2.05, 4.69) is 36.1 Å². The van der Waals surface area contributed by atoms with E-state index in [-0.39, 0.29) is 5.82 Å². The second-order valence-electron chi connectivity index (χ2n) is 5.11. The first-order valence-electron chi connectivity index (χ1n) is 6.77. The molecule has 0 saturated carbocycles. The highest BCUT2D eigenvalue weighted by molar-refractivity contribution is 5.46. The van der Waals surface area contributed by atoms with Crippen molar-refractivity contribution in [2.45, 2.75) is 19.4 Å². The SMILES string of the molecule is Cc1ccc(N(C)CCC(O)c2ccc(F)cc2)cc1. The molecule has 1 unspecified atom stereocenters. The van der Waals surface area contributed by atoms with Crippen LogP contribution in [0.15, 0.2) is 48.5 Å². The van der Waals surface area contributed by atoms with E-state index in [1.165, 1.54) is 17.7 Å². The van der Waals surface area contributed by atoms with E-state index >= 15 is 0 Å².